The number of nitrogens with one attached hydrogen (secondary N) is 1. The number of methoxy groups -OCH3 is 1. The summed E-state index contributed by atoms with van der Waals surface area (Å²) in [5, 5.41) is 3.55. The second-order valence-electron chi connectivity index (χ2n) is 7.82. The number of hydrogen-bond acceptors (Lipinski definition) is 5. The normalized spacial score (nSPS) is 25.4. The summed E-state index contributed by atoms with van der Waals surface area (Å²) < 4.78 is 11.6. The van der Waals surface area contributed by atoms with Crippen molar-refractivity contribution in [2.24, 2.45) is 4.99 Å². The summed E-state index contributed by atoms with van der Waals surface area (Å²) in [4.78, 5) is 11.8. The lowest BCUT2D eigenvalue weighted by atomic mass is 10.2. The van der Waals surface area contributed by atoms with Crippen molar-refractivity contribution in [1.29, 1.82) is 0 Å². The van der Waals surface area contributed by atoms with E-state index in [1.54, 1.807) is 7.11 Å². The van der Waals surface area contributed by atoms with Crippen molar-refractivity contribution in [3.8, 4) is 5.75 Å². The molecule has 29 heavy (non-hydrogen) atoms. The molecule has 3 heterocycles. The lowest BCUT2D eigenvalue weighted by molar-refractivity contribution is -0.0454. The van der Waals surface area contributed by atoms with E-state index >= 15 is 0 Å². The molecule has 3 aliphatic rings. The first kappa shape index (κ1) is 22.4. The number of ether oxygens (including phenoxy) is 2. The second-order valence-corrected chi connectivity index (χ2v) is 7.82. The van der Waals surface area contributed by atoms with Crippen LogP contribution in [-0.2, 0) is 4.74 Å². The molecule has 162 valence electrons. The third-order valence-electron chi connectivity index (χ3n) is 6.17. The fraction of sp³-hybridized carbons (Fsp3) is 0.667. The van der Waals surface area contributed by atoms with E-state index in [1.165, 1.54) is 25.1 Å². The summed E-state index contributed by atoms with van der Waals surface area (Å²) in [7, 11) is 3.60. The maximum Gasteiger partial charge on any atom is 0.193 e. The minimum Gasteiger partial charge on any atom is -0.495 e. The van der Waals surface area contributed by atoms with E-state index in [0.29, 0.717) is 6.04 Å². The molecule has 0 bridgehead atoms. The first-order valence-corrected chi connectivity index (χ1v) is 10.5. The average Bonchev–Trinajstić information content (AvgIpc) is 3.22. The van der Waals surface area contributed by atoms with Gasteiger partial charge in [-0.3, -0.25) is 9.89 Å². The molecule has 0 amide bonds. The third-order valence-corrected chi connectivity index (χ3v) is 6.17. The molecule has 1 aromatic rings. The molecule has 7 nitrogen and oxygen atoms in total. The van der Waals surface area contributed by atoms with Gasteiger partial charge in [0.05, 0.1) is 25.5 Å². The van der Waals surface area contributed by atoms with Crippen LogP contribution in [-0.4, -0.2) is 94.5 Å². The minimum atomic E-state index is 0. The van der Waals surface area contributed by atoms with Gasteiger partial charge in [-0.15, -0.1) is 24.0 Å². The van der Waals surface area contributed by atoms with E-state index in [1.807, 2.05) is 19.2 Å². The molecule has 3 aliphatic heterocycles. The summed E-state index contributed by atoms with van der Waals surface area (Å²) >= 11 is 0. The maximum absolute atomic E-state index is 6.07. The molecule has 0 radical (unpaired) electrons. The predicted octanol–water partition coefficient (Wildman–Crippen LogP) is 1.87. The number of guanidine groups is 1. The van der Waals surface area contributed by atoms with Crippen LogP contribution in [0.15, 0.2) is 29.3 Å². The molecule has 3 saturated heterocycles. The number of hydrogen-bond donors (Lipinski definition) is 1. The molecule has 1 N–H and O–H groups in total. The topological polar surface area (TPSA) is 52.6 Å². The Labute approximate surface area is 191 Å². The van der Waals surface area contributed by atoms with Crippen molar-refractivity contribution in [3.63, 3.8) is 0 Å². The van der Waals surface area contributed by atoms with Gasteiger partial charge in [0.15, 0.2) is 5.96 Å². The first-order valence-electron chi connectivity index (χ1n) is 10.5. The van der Waals surface area contributed by atoms with E-state index in [0.717, 1.165) is 57.6 Å². The Morgan fingerprint density at radius 3 is 2.76 bits per heavy atom. The molecule has 1 aromatic carbocycles. The van der Waals surface area contributed by atoms with Crippen LogP contribution in [0.3, 0.4) is 0 Å². The average molecular weight is 515 g/mol. The van der Waals surface area contributed by atoms with Crippen LogP contribution >= 0.6 is 24.0 Å². The van der Waals surface area contributed by atoms with Gasteiger partial charge in [-0.05, 0) is 31.5 Å². The number of fused-ring (bicyclic) bond motifs is 1. The van der Waals surface area contributed by atoms with E-state index < -0.39 is 0 Å². The highest BCUT2D eigenvalue weighted by molar-refractivity contribution is 14.0. The first-order chi connectivity index (χ1) is 13.8. The Morgan fingerprint density at radius 1 is 1.21 bits per heavy atom. The second kappa shape index (κ2) is 10.7. The number of halogens is 1. The molecule has 3 fully saturated rings. The van der Waals surface area contributed by atoms with Gasteiger partial charge >= 0.3 is 0 Å². The number of piperazine rings is 1. The number of para-hydroxylation sites is 2. The SMILES string of the molecule is CN=C(NCC1CN2CCCC2CO1)N1CCN(c2ccccc2OC)CC1.I. The molecule has 0 aromatic heterocycles. The summed E-state index contributed by atoms with van der Waals surface area (Å²) in [6.45, 7) is 7.76. The van der Waals surface area contributed by atoms with E-state index in [2.05, 4.69) is 37.1 Å². The quantitative estimate of drug-likeness (QED) is 0.376. The van der Waals surface area contributed by atoms with E-state index in [9.17, 15) is 0 Å². The van der Waals surface area contributed by atoms with Gasteiger partial charge in [0.25, 0.3) is 0 Å². The molecule has 2 unspecified atom stereocenters. The van der Waals surface area contributed by atoms with E-state index in [-0.39, 0.29) is 30.1 Å². The zero-order valence-corrected chi connectivity index (χ0v) is 19.9. The molecule has 0 aliphatic carbocycles. The third kappa shape index (κ3) is 5.27. The highest BCUT2D eigenvalue weighted by Crippen LogP contribution is 2.28. The van der Waals surface area contributed by atoms with Gasteiger partial charge in [-0.25, -0.2) is 0 Å². The van der Waals surface area contributed by atoms with Gasteiger partial charge in [0, 0.05) is 52.4 Å². The van der Waals surface area contributed by atoms with Gasteiger partial charge in [-0.2, -0.15) is 0 Å². The van der Waals surface area contributed by atoms with Crippen LogP contribution in [0.5, 0.6) is 5.75 Å². The van der Waals surface area contributed by atoms with Gasteiger partial charge in [-0.1, -0.05) is 12.1 Å². The monoisotopic (exact) mass is 515 g/mol. The lowest BCUT2D eigenvalue weighted by Crippen LogP contribution is -2.55. The van der Waals surface area contributed by atoms with Crippen molar-refractivity contribution in [1.82, 2.24) is 15.1 Å². The van der Waals surface area contributed by atoms with Crippen molar-refractivity contribution < 1.29 is 9.47 Å². The minimum absolute atomic E-state index is 0. The molecule has 8 heteroatoms. The molecular weight excluding hydrogens is 481 g/mol. The number of benzene rings is 1. The van der Waals surface area contributed by atoms with Crippen LogP contribution in [0.25, 0.3) is 0 Å². The number of nitrogens with zero attached hydrogens (tertiary/aromatic N) is 4. The van der Waals surface area contributed by atoms with Gasteiger partial charge in [0.1, 0.15) is 5.75 Å². The Kier molecular flexibility index (Phi) is 8.25. The van der Waals surface area contributed by atoms with E-state index in [4.69, 9.17) is 9.47 Å². The Hall–Kier alpha value is -1.26. The van der Waals surface area contributed by atoms with Crippen molar-refractivity contribution in [2.75, 3.05) is 71.5 Å². The largest absolute Gasteiger partial charge is 0.495 e. The van der Waals surface area contributed by atoms with Crippen molar-refractivity contribution >= 4 is 35.6 Å². The smallest absolute Gasteiger partial charge is 0.193 e. The standard InChI is InChI=1S/C21H33N5O2.HI/c1-22-21(23-14-18-15-26-9-5-6-17(26)16-28-18)25-12-10-24(11-13-25)19-7-3-4-8-20(19)27-2;/h3-4,7-8,17-18H,5-6,9-16H2,1-2H3,(H,22,23);1H. The van der Waals surface area contributed by atoms with Gasteiger partial charge in [0.2, 0.25) is 0 Å². The van der Waals surface area contributed by atoms with Crippen LogP contribution in [0.1, 0.15) is 12.8 Å². The highest BCUT2D eigenvalue weighted by atomic mass is 127. The summed E-state index contributed by atoms with van der Waals surface area (Å²) in [5.74, 6) is 1.92. The van der Waals surface area contributed by atoms with Crippen LogP contribution in [0.2, 0.25) is 0 Å². The maximum atomic E-state index is 6.07. The van der Waals surface area contributed by atoms with Crippen LogP contribution in [0.4, 0.5) is 5.69 Å². The Bertz CT molecular complexity index is 681. The van der Waals surface area contributed by atoms with Gasteiger partial charge < -0.3 is 24.6 Å². The van der Waals surface area contributed by atoms with Crippen molar-refractivity contribution in [3.05, 3.63) is 24.3 Å². The zero-order valence-electron chi connectivity index (χ0n) is 17.5. The predicted molar refractivity (Wildman–Crippen MR) is 128 cm³/mol. The molecule has 0 spiro atoms. The summed E-state index contributed by atoms with van der Waals surface area (Å²) in [5.41, 5.74) is 1.17. The number of aliphatic imine (C=N–C) groups is 1. The fourth-order valence-corrected chi connectivity index (χ4v) is 4.60. The molecular formula is C21H34IN5O2. The zero-order chi connectivity index (χ0) is 19.3. The molecule has 0 saturated carbocycles. The molecule has 4 rings (SSSR count). The van der Waals surface area contributed by atoms with Crippen LogP contribution in [0, 0.1) is 0 Å². The Morgan fingerprint density at radius 2 is 2.00 bits per heavy atom. The number of morpholine rings is 1. The fourth-order valence-electron chi connectivity index (χ4n) is 4.60. The number of rotatable bonds is 4. The lowest BCUT2D eigenvalue weighted by Gasteiger charge is -2.39. The molecule has 2 atom stereocenters. The summed E-state index contributed by atoms with van der Waals surface area (Å²) in [6.07, 6.45) is 2.85. The highest BCUT2D eigenvalue weighted by Gasteiger charge is 2.32. The Balaban J connectivity index is 0.00000240. The van der Waals surface area contributed by atoms with Crippen LogP contribution < -0.4 is 15.0 Å². The van der Waals surface area contributed by atoms with Crippen molar-refractivity contribution in [2.45, 2.75) is 25.0 Å². The number of anilines is 1. The summed E-state index contributed by atoms with van der Waals surface area (Å²) in [6, 6.07) is 8.89.